The Bertz CT molecular complexity index is 1000. The van der Waals surface area contributed by atoms with Crippen molar-refractivity contribution < 1.29 is 23.1 Å². The lowest BCUT2D eigenvalue weighted by Crippen LogP contribution is -2.54. The first kappa shape index (κ1) is 18.9. The number of hydrogen-bond donors (Lipinski definition) is 2. The number of carbonyl (C=O) groups is 1. The summed E-state index contributed by atoms with van der Waals surface area (Å²) in [5, 5.41) is 17.0. The zero-order valence-electron chi connectivity index (χ0n) is 15.2. The summed E-state index contributed by atoms with van der Waals surface area (Å²) in [6.45, 7) is 1.37. The van der Waals surface area contributed by atoms with E-state index in [9.17, 15) is 27.9 Å². The maximum Gasteiger partial charge on any atom is 0.416 e. The Kier molecular flexibility index (Phi) is 4.26. The molecule has 0 aliphatic heterocycles. The molecule has 2 aliphatic rings. The van der Waals surface area contributed by atoms with Gasteiger partial charge < -0.3 is 10.4 Å². The summed E-state index contributed by atoms with van der Waals surface area (Å²) < 4.78 is 40.2. The molecule has 4 rings (SSSR count). The second kappa shape index (κ2) is 6.30. The quantitative estimate of drug-likeness (QED) is 0.832. The monoisotopic (exact) mass is 395 g/mol. The standard InChI is InChI=1S/C19H20F3N3O3/c1-18(28)7-12(8-18)23-15(26)9-25-17(27)13-5-4-11(19(20,21)22)6-14(13)16(24-25)10-2-3-10/h4-6,10,12,28H,2-3,7-9H2,1H3,(H,23,26). The zero-order valence-corrected chi connectivity index (χ0v) is 15.2. The number of amides is 1. The van der Waals surface area contributed by atoms with Crippen molar-refractivity contribution in [3.8, 4) is 0 Å². The van der Waals surface area contributed by atoms with Gasteiger partial charge in [0, 0.05) is 17.3 Å². The summed E-state index contributed by atoms with van der Waals surface area (Å²) >= 11 is 0. The van der Waals surface area contributed by atoms with E-state index in [2.05, 4.69) is 10.4 Å². The molecule has 0 atom stereocenters. The van der Waals surface area contributed by atoms with Crippen molar-refractivity contribution in [1.29, 1.82) is 0 Å². The van der Waals surface area contributed by atoms with E-state index in [0.29, 0.717) is 18.5 Å². The second-order valence-corrected chi connectivity index (χ2v) is 8.05. The SMILES string of the molecule is CC1(O)CC(NC(=O)Cn2nc(C3CC3)c3cc(C(F)(F)F)ccc3c2=O)C1. The van der Waals surface area contributed by atoms with Gasteiger partial charge in [-0.3, -0.25) is 9.59 Å². The topological polar surface area (TPSA) is 84.2 Å². The van der Waals surface area contributed by atoms with Crippen LogP contribution in [-0.2, 0) is 17.5 Å². The van der Waals surface area contributed by atoms with Crippen molar-refractivity contribution in [3.05, 3.63) is 39.8 Å². The fourth-order valence-electron chi connectivity index (χ4n) is 3.77. The van der Waals surface area contributed by atoms with Gasteiger partial charge in [-0.15, -0.1) is 0 Å². The second-order valence-electron chi connectivity index (χ2n) is 8.05. The number of nitrogens with zero attached hydrogens (tertiary/aromatic N) is 2. The number of fused-ring (bicyclic) bond motifs is 1. The first-order valence-corrected chi connectivity index (χ1v) is 9.17. The van der Waals surface area contributed by atoms with Crippen LogP contribution in [0.5, 0.6) is 0 Å². The van der Waals surface area contributed by atoms with E-state index in [0.717, 1.165) is 35.7 Å². The number of aliphatic hydroxyl groups is 1. The van der Waals surface area contributed by atoms with Crippen molar-refractivity contribution in [3.63, 3.8) is 0 Å². The molecule has 0 spiro atoms. The van der Waals surface area contributed by atoms with Crippen molar-refractivity contribution >= 4 is 16.7 Å². The molecule has 1 amide bonds. The normalized spacial score (nSPS) is 24.8. The fraction of sp³-hybridized carbons (Fsp3) is 0.526. The Morgan fingerprint density at radius 1 is 1.32 bits per heavy atom. The maximum absolute atomic E-state index is 13.1. The van der Waals surface area contributed by atoms with Gasteiger partial charge in [-0.1, -0.05) is 0 Å². The Balaban J connectivity index is 1.65. The van der Waals surface area contributed by atoms with Crippen LogP contribution in [0.2, 0.25) is 0 Å². The Labute approximate surface area is 158 Å². The Morgan fingerprint density at radius 2 is 2.00 bits per heavy atom. The van der Waals surface area contributed by atoms with Gasteiger partial charge in [-0.2, -0.15) is 18.3 Å². The van der Waals surface area contributed by atoms with Crippen LogP contribution < -0.4 is 10.9 Å². The molecule has 0 saturated heterocycles. The number of halogens is 3. The highest BCUT2D eigenvalue weighted by Gasteiger charge is 2.39. The van der Waals surface area contributed by atoms with Gasteiger partial charge in [0.05, 0.1) is 22.2 Å². The highest BCUT2D eigenvalue weighted by atomic mass is 19.4. The highest BCUT2D eigenvalue weighted by Crippen LogP contribution is 2.42. The van der Waals surface area contributed by atoms with Gasteiger partial charge in [0.2, 0.25) is 5.91 Å². The average Bonchev–Trinajstić information content (AvgIpc) is 3.39. The van der Waals surface area contributed by atoms with Crippen molar-refractivity contribution in [2.45, 2.75) is 62.9 Å². The fourth-order valence-corrected chi connectivity index (χ4v) is 3.77. The summed E-state index contributed by atoms with van der Waals surface area (Å²) in [5.74, 6) is -0.411. The molecule has 150 valence electrons. The van der Waals surface area contributed by atoms with Crippen molar-refractivity contribution in [2.24, 2.45) is 0 Å². The summed E-state index contributed by atoms with van der Waals surface area (Å²) in [6, 6.07) is 2.85. The molecule has 0 unspecified atom stereocenters. The maximum atomic E-state index is 13.1. The Morgan fingerprint density at radius 3 is 2.57 bits per heavy atom. The predicted octanol–water partition coefficient (Wildman–Crippen LogP) is 2.32. The number of aromatic nitrogens is 2. The predicted molar refractivity (Wildman–Crippen MR) is 94.8 cm³/mol. The van der Waals surface area contributed by atoms with E-state index >= 15 is 0 Å². The largest absolute Gasteiger partial charge is 0.416 e. The molecule has 2 aromatic rings. The summed E-state index contributed by atoms with van der Waals surface area (Å²) in [5.41, 5.74) is -1.77. The minimum Gasteiger partial charge on any atom is -0.390 e. The third kappa shape index (κ3) is 3.63. The van der Waals surface area contributed by atoms with Crippen LogP contribution in [0.3, 0.4) is 0 Å². The molecule has 9 heteroatoms. The minimum absolute atomic E-state index is 0.00243. The van der Waals surface area contributed by atoms with E-state index in [1.54, 1.807) is 6.92 Å². The summed E-state index contributed by atoms with van der Waals surface area (Å²) in [7, 11) is 0. The van der Waals surface area contributed by atoms with Crippen LogP contribution in [0, 0.1) is 0 Å². The van der Waals surface area contributed by atoms with Gasteiger partial charge in [0.15, 0.2) is 0 Å². The number of alkyl halides is 3. The minimum atomic E-state index is -4.51. The molecule has 1 aromatic carbocycles. The lowest BCUT2D eigenvalue weighted by Gasteiger charge is -2.41. The molecule has 2 N–H and O–H groups in total. The molecule has 1 heterocycles. The van der Waals surface area contributed by atoms with Gasteiger partial charge in [-0.25, -0.2) is 4.68 Å². The molecule has 2 fully saturated rings. The van der Waals surface area contributed by atoms with Gasteiger partial charge in [-0.05, 0) is 50.8 Å². The number of hydrogen-bond acceptors (Lipinski definition) is 4. The van der Waals surface area contributed by atoms with E-state index in [-0.39, 0.29) is 29.3 Å². The summed E-state index contributed by atoms with van der Waals surface area (Å²) in [4.78, 5) is 24.9. The molecule has 6 nitrogen and oxygen atoms in total. The van der Waals surface area contributed by atoms with E-state index in [1.165, 1.54) is 0 Å². The van der Waals surface area contributed by atoms with Crippen LogP contribution >= 0.6 is 0 Å². The number of benzene rings is 1. The zero-order chi connectivity index (χ0) is 20.3. The highest BCUT2D eigenvalue weighted by molar-refractivity contribution is 5.85. The first-order chi connectivity index (χ1) is 13.0. The van der Waals surface area contributed by atoms with Gasteiger partial charge >= 0.3 is 6.18 Å². The van der Waals surface area contributed by atoms with Crippen LogP contribution in [0.25, 0.3) is 10.8 Å². The third-order valence-electron chi connectivity index (χ3n) is 5.31. The lowest BCUT2D eigenvalue weighted by molar-refractivity contribution is -0.137. The van der Waals surface area contributed by atoms with E-state index in [1.807, 2.05) is 0 Å². The molecule has 0 bridgehead atoms. The van der Waals surface area contributed by atoms with Gasteiger partial charge in [0.25, 0.3) is 5.56 Å². The van der Waals surface area contributed by atoms with Crippen molar-refractivity contribution in [2.75, 3.05) is 0 Å². The number of rotatable bonds is 4. The van der Waals surface area contributed by atoms with Crippen molar-refractivity contribution in [1.82, 2.24) is 15.1 Å². The molecular formula is C19H20F3N3O3. The van der Waals surface area contributed by atoms with E-state index < -0.39 is 28.8 Å². The number of nitrogens with one attached hydrogen (secondary N) is 1. The smallest absolute Gasteiger partial charge is 0.390 e. The van der Waals surface area contributed by atoms with Crippen LogP contribution in [0.4, 0.5) is 13.2 Å². The van der Waals surface area contributed by atoms with Gasteiger partial charge in [0.1, 0.15) is 6.54 Å². The molecule has 2 saturated carbocycles. The molecule has 0 radical (unpaired) electrons. The van der Waals surface area contributed by atoms with Crippen LogP contribution in [-0.4, -0.2) is 32.4 Å². The number of carbonyl (C=O) groups excluding carboxylic acids is 1. The van der Waals surface area contributed by atoms with Crippen LogP contribution in [0.15, 0.2) is 23.0 Å². The summed E-state index contributed by atoms with van der Waals surface area (Å²) in [6.07, 6.45) is -2.05. The molecule has 1 aromatic heterocycles. The molecule has 28 heavy (non-hydrogen) atoms. The lowest BCUT2D eigenvalue weighted by atomic mass is 9.77. The average molecular weight is 395 g/mol. The van der Waals surface area contributed by atoms with E-state index in [4.69, 9.17) is 0 Å². The Hall–Kier alpha value is -2.42. The van der Waals surface area contributed by atoms with Crippen LogP contribution in [0.1, 0.15) is 49.8 Å². The third-order valence-corrected chi connectivity index (χ3v) is 5.31. The molecule has 2 aliphatic carbocycles. The molecular weight excluding hydrogens is 375 g/mol. The first-order valence-electron chi connectivity index (χ1n) is 9.17.